The zero-order chi connectivity index (χ0) is 36.7. The lowest BCUT2D eigenvalue weighted by Gasteiger charge is -2.46. The van der Waals surface area contributed by atoms with Crippen LogP contribution in [0.3, 0.4) is 0 Å². The van der Waals surface area contributed by atoms with Crippen molar-refractivity contribution in [3.05, 3.63) is 59.7 Å². The van der Waals surface area contributed by atoms with Crippen molar-refractivity contribution >= 4 is 40.8 Å². The van der Waals surface area contributed by atoms with Crippen LogP contribution in [0.4, 0.5) is 17.2 Å². The van der Waals surface area contributed by atoms with E-state index >= 15 is 0 Å². The minimum atomic E-state index is -0.974. The molecule has 3 aromatic rings. The molecule has 15 nitrogen and oxygen atoms in total. The number of piperazine rings is 1. The lowest BCUT2D eigenvalue weighted by Crippen LogP contribution is -2.58. The van der Waals surface area contributed by atoms with Gasteiger partial charge in [0, 0.05) is 83.1 Å². The fraction of sp³-hybridized carbons (Fsp3) is 0.487. The topological polar surface area (TPSA) is 164 Å². The summed E-state index contributed by atoms with van der Waals surface area (Å²) in [6.07, 6.45) is 0.265. The van der Waals surface area contributed by atoms with Gasteiger partial charge in [0.25, 0.3) is 11.8 Å². The Bertz CT molecular complexity index is 2050. The number of hydrogen-bond donors (Lipinski definition) is 3. The van der Waals surface area contributed by atoms with Gasteiger partial charge in [0.15, 0.2) is 5.82 Å². The molecular formula is C39H43N9O6. The van der Waals surface area contributed by atoms with Crippen molar-refractivity contribution in [1.82, 2.24) is 30.2 Å². The molecule has 7 heterocycles. The van der Waals surface area contributed by atoms with Gasteiger partial charge in [-0.2, -0.15) is 0 Å². The first kappa shape index (κ1) is 33.4. The molecule has 10 rings (SSSR count). The summed E-state index contributed by atoms with van der Waals surface area (Å²) in [5.74, 6) is 1.20. The SMILES string of the molecule is O=C1CCC(N2C(=O)c3ccc(N4CCOC(CN5C[C@@H]6[C@H](C5)[C@H]6CN5CCN6c7cc(-c8ccccc8O)nnc7NC[C@H]6C5)C4)cc3C2=O)C(=O)N1. The number of fused-ring (bicyclic) bond motifs is 5. The Morgan fingerprint density at radius 1 is 0.833 bits per heavy atom. The Kier molecular flexibility index (Phi) is 8.07. The molecule has 1 saturated carbocycles. The van der Waals surface area contributed by atoms with Crippen molar-refractivity contribution in [2.75, 3.05) is 87.2 Å². The molecule has 280 valence electrons. The van der Waals surface area contributed by atoms with E-state index < -0.39 is 23.8 Å². The van der Waals surface area contributed by atoms with Crippen LogP contribution in [0.5, 0.6) is 5.75 Å². The summed E-state index contributed by atoms with van der Waals surface area (Å²) in [5, 5.41) is 25.0. The zero-order valence-corrected chi connectivity index (χ0v) is 29.9. The molecular weight excluding hydrogens is 690 g/mol. The second kappa shape index (κ2) is 13.0. The van der Waals surface area contributed by atoms with Crippen molar-refractivity contribution in [2.45, 2.75) is 31.0 Å². The van der Waals surface area contributed by atoms with Crippen LogP contribution in [-0.4, -0.2) is 144 Å². The number of imide groups is 2. The first-order chi connectivity index (χ1) is 26.3. The molecule has 0 spiro atoms. The summed E-state index contributed by atoms with van der Waals surface area (Å²) in [6.45, 7) is 9.90. The van der Waals surface area contributed by atoms with Gasteiger partial charge < -0.3 is 29.9 Å². The average molecular weight is 734 g/mol. The number of carbonyl (C=O) groups is 4. The van der Waals surface area contributed by atoms with Crippen molar-refractivity contribution in [3.8, 4) is 17.0 Å². The molecule has 7 aliphatic rings. The van der Waals surface area contributed by atoms with E-state index in [0.29, 0.717) is 48.1 Å². The first-order valence-corrected chi connectivity index (χ1v) is 19.1. The maximum absolute atomic E-state index is 13.4. The number of phenols is 1. The summed E-state index contributed by atoms with van der Waals surface area (Å²) >= 11 is 0. The number of aromatic hydroxyl groups is 1. The molecule has 6 aliphatic heterocycles. The number of piperidine rings is 2. The molecule has 0 bridgehead atoms. The quantitative estimate of drug-likeness (QED) is 0.298. The third-order valence-electron chi connectivity index (χ3n) is 12.6. The number of amides is 4. The highest BCUT2D eigenvalue weighted by Gasteiger charge is 2.56. The van der Waals surface area contributed by atoms with Crippen molar-refractivity contribution in [2.24, 2.45) is 17.8 Å². The molecule has 0 radical (unpaired) electrons. The Labute approximate surface area is 312 Å². The highest BCUT2D eigenvalue weighted by Crippen LogP contribution is 2.52. The lowest BCUT2D eigenvalue weighted by molar-refractivity contribution is -0.136. The lowest BCUT2D eigenvalue weighted by atomic mass is 10.0. The molecule has 1 aliphatic carbocycles. The number of rotatable bonds is 7. The fourth-order valence-corrected chi connectivity index (χ4v) is 9.80. The molecule has 4 amide bonds. The number of ether oxygens (including phenoxy) is 1. The zero-order valence-electron chi connectivity index (χ0n) is 29.9. The van der Waals surface area contributed by atoms with E-state index in [9.17, 15) is 24.3 Å². The number of phenolic OH excluding ortho intramolecular Hbond substituents is 1. The highest BCUT2D eigenvalue weighted by atomic mass is 16.5. The summed E-state index contributed by atoms with van der Waals surface area (Å²) in [6, 6.07) is 14.0. The van der Waals surface area contributed by atoms with Crippen LogP contribution in [0.15, 0.2) is 48.5 Å². The Balaban J connectivity index is 0.716. The number of morpholine rings is 1. The molecule has 5 fully saturated rings. The molecule has 15 heteroatoms. The third-order valence-corrected chi connectivity index (χ3v) is 12.6. The van der Waals surface area contributed by atoms with Gasteiger partial charge in [-0.25, -0.2) is 0 Å². The van der Waals surface area contributed by atoms with Crippen molar-refractivity contribution in [1.29, 1.82) is 0 Å². The van der Waals surface area contributed by atoms with Gasteiger partial charge in [-0.15, -0.1) is 10.2 Å². The van der Waals surface area contributed by atoms with Crippen LogP contribution in [0, 0.1) is 17.8 Å². The number of para-hydroxylation sites is 1. The van der Waals surface area contributed by atoms with Gasteiger partial charge in [-0.05, 0) is 60.6 Å². The number of hydrogen-bond acceptors (Lipinski definition) is 13. The van der Waals surface area contributed by atoms with Crippen LogP contribution in [0.2, 0.25) is 0 Å². The van der Waals surface area contributed by atoms with E-state index in [1.807, 2.05) is 24.3 Å². The molecule has 2 aromatic carbocycles. The van der Waals surface area contributed by atoms with Gasteiger partial charge in [0.2, 0.25) is 11.8 Å². The summed E-state index contributed by atoms with van der Waals surface area (Å²) in [7, 11) is 0. The van der Waals surface area contributed by atoms with E-state index in [2.05, 4.69) is 46.5 Å². The van der Waals surface area contributed by atoms with Gasteiger partial charge >= 0.3 is 0 Å². The van der Waals surface area contributed by atoms with E-state index in [-0.39, 0.29) is 30.6 Å². The third kappa shape index (κ3) is 5.76. The molecule has 4 saturated heterocycles. The number of anilines is 3. The van der Waals surface area contributed by atoms with E-state index in [0.717, 1.165) is 92.2 Å². The standard InChI is InChI=1S/C39H43N9O6/c49-34-4-2-1-3-26(34)31-14-33-36(43-42-31)40-15-23-16-44(9-10-47(23)33)19-28-29-20-45(21-30(28)29)17-24-18-46(11-12-54-24)22-5-6-25-27(13-22)39(53)48(38(25)52)32-7-8-35(50)41-37(32)51/h1-6,13-14,23-24,28-30,32,49H,7-12,15-21H2,(H,40,43)(H,41,50,51)/t23-,24?,28-,29-,30+,32?/m0/s1. The van der Waals surface area contributed by atoms with Gasteiger partial charge in [0.1, 0.15) is 11.8 Å². The molecule has 6 atom stereocenters. The maximum Gasteiger partial charge on any atom is 0.262 e. The minimum Gasteiger partial charge on any atom is -0.507 e. The minimum absolute atomic E-state index is 0.0334. The second-order valence-corrected chi connectivity index (χ2v) is 15.8. The largest absolute Gasteiger partial charge is 0.507 e. The van der Waals surface area contributed by atoms with Crippen molar-refractivity contribution < 1.29 is 29.0 Å². The molecule has 1 aromatic heterocycles. The average Bonchev–Trinajstić information content (AvgIpc) is 3.49. The Morgan fingerprint density at radius 3 is 2.50 bits per heavy atom. The van der Waals surface area contributed by atoms with Crippen LogP contribution in [0.25, 0.3) is 11.3 Å². The Morgan fingerprint density at radius 2 is 1.67 bits per heavy atom. The van der Waals surface area contributed by atoms with Crippen molar-refractivity contribution in [3.63, 3.8) is 0 Å². The fourth-order valence-electron chi connectivity index (χ4n) is 9.80. The van der Waals surface area contributed by atoms with Gasteiger partial charge in [-0.1, -0.05) is 12.1 Å². The molecule has 3 N–H and O–H groups in total. The Hall–Kier alpha value is -5.12. The normalized spacial score (nSPS) is 29.4. The predicted octanol–water partition coefficient (Wildman–Crippen LogP) is 1.25. The van der Waals surface area contributed by atoms with Gasteiger partial charge in [-0.3, -0.25) is 34.3 Å². The van der Waals surface area contributed by atoms with Crippen LogP contribution < -0.4 is 20.4 Å². The summed E-state index contributed by atoms with van der Waals surface area (Å²) < 4.78 is 6.23. The number of nitrogens with zero attached hydrogens (tertiary/aromatic N) is 7. The number of likely N-dealkylation sites (tertiary alicyclic amines) is 1. The van der Waals surface area contributed by atoms with E-state index in [1.165, 1.54) is 0 Å². The van der Waals surface area contributed by atoms with E-state index in [4.69, 9.17) is 4.74 Å². The number of aromatic nitrogens is 2. The van der Waals surface area contributed by atoms with Crippen LogP contribution in [0.1, 0.15) is 33.6 Å². The smallest absolute Gasteiger partial charge is 0.262 e. The predicted molar refractivity (Wildman–Crippen MR) is 197 cm³/mol. The van der Waals surface area contributed by atoms with Crippen LogP contribution >= 0.6 is 0 Å². The monoisotopic (exact) mass is 733 g/mol. The molecule has 54 heavy (non-hydrogen) atoms. The summed E-state index contributed by atoms with van der Waals surface area (Å²) in [5.41, 5.74) is 3.87. The van der Waals surface area contributed by atoms with Gasteiger partial charge in [0.05, 0.1) is 41.3 Å². The number of carbonyl (C=O) groups excluding carboxylic acids is 4. The van der Waals surface area contributed by atoms with E-state index in [1.54, 1.807) is 18.2 Å². The first-order valence-electron chi connectivity index (χ1n) is 19.1. The number of nitrogens with one attached hydrogen (secondary N) is 2. The second-order valence-electron chi connectivity index (χ2n) is 15.8. The molecule has 2 unspecified atom stereocenters. The summed E-state index contributed by atoms with van der Waals surface area (Å²) in [4.78, 5) is 61.6. The maximum atomic E-state index is 13.4. The van der Waals surface area contributed by atoms with Crippen LogP contribution in [-0.2, 0) is 14.3 Å². The highest BCUT2D eigenvalue weighted by molar-refractivity contribution is 6.23. The number of benzene rings is 2.